The van der Waals surface area contributed by atoms with Crippen LogP contribution in [0.2, 0.25) is 0 Å². The zero-order valence-electron chi connectivity index (χ0n) is 15.9. The predicted octanol–water partition coefficient (Wildman–Crippen LogP) is 2.78. The average molecular weight is 502 g/mol. The second kappa shape index (κ2) is 11.7. The summed E-state index contributed by atoms with van der Waals surface area (Å²) in [5.41, 5.74) is 0. The van der Waals surface area contributed by atoms with E-state index in [4.69, 9.17) is 0 Å². The van der Waals surface area contributed by atoms with Crippen LogP contribution in [0.15, 0.2) is 17.4 Å². The Morgan fingerprint density at radius 2 is 2.15 bits per heavy atom. The molecule has 0 aromatic carbocycles. The molecule has 0 amide bonds. The number of hydrogen-bond acceptors (Lipinski definition) is 3. The molecule has 1 aromatic rings. The molecule has 1 fully saturated rings. The molecule has 1 atom stereocenters. The summed E-state index contributed by atoms with van der Waals surface area (Å²) in [7, 11) is 0. The van der Waals surface area contributed by atoms with E-state index >= 15 is 0 Å². The van der Waals surface area contributed by atoms with Crippen LogP contribution in [0.4, 0.5) is 13.2 Å². The van der Waals surface area contributed by atoms with Crippen molar-refractivity contribution >= 4 is 29.9 Å². The van der Waals surface area contributed by atoms with Gasteiger partial charge < -0.3 is 15.2 Å². The van der Waals surface area contributed by atoms with Crippen LogP contribution in [0, 0.1) is 6.92 Å². The highest BCUT2D eigenvalue weighted by Gasteiger charge is 2.34. The number of nitrogens with one attached hydrogen (secondary N) is 2. The molecule has 1 aliphatic rings. The van der Waals surface area contributed by atoms with Gasteiger partial charge in [-0.25, -0.2) is 4.98 Å². The van der Waals surface area contributed by atoms with Gasteiger partial charge in [0, 0.05) is 51.2 Å². The van der Waals surface area contributed by atoms with E-state index in [1.165, 1.54) is 4.90 Å². The van der Waals surface area contributed by atoms with Gasteiger partial charge in [0.25, 0.3) is 0 Å². The summed E-state index contributed by atoms with van der Waals surface area (Å²) < 4.78 is 39.6. The molecule has 156 valence electrons. The van der Waals surface area contributed by atoms with Gasteiger partial charge in [0.1, 0.15) is 5.82 Å². The van der Waals surface area contributed by atoms with Gasteiger partial charge in [-0.1, -0.05) is 0 Å². The monoisotopic (exact) mass is 502 g/mol. The molecule has 1 unspecified atom stereocenters. The second-order valence-corrected chi connectivity index (χ2v) is 6.62. The number of aryl methyl sites for hydroxylation is 2. The van der Waals surface area contributed by atoms with Crippen molar-refractivity contribution in [2.24, 2.45) is 4.99 Å². The summed E-state index contributed by atoms with van der Waals surface area (Å²) >= 11 is 0. The van der Waals surface area contributed by atoms with E-state index in [9.17, 15) is 13.2 Å². The first-order valence-electron chi connectivity index (χ1n) is 9.19. The van der Waals surface area contributed by atoms with Crippen LogP contribution >= 0.6 is 24.0 Å². The first-order chi connectivity index (χ1) is 12.4. The Morgan fingerprint density at radius 3 is 2.78 bits per heavy atom. The molecule has 0 radical (unpaired) electrons. The first-order valence-corrected chi connectivity index (χ1v) is 9.19. The van der Waals surface area contributed by atoms with Crippen LogP contribution in [0.1, 0.15) is 32.0 Å². The molecule has 6 nitrogen and oxygen atoms in total. The SMILES string of the molecule is CCNC(=NCCCCn1ccnc1C)NC1CCN(CC(F)(F)F)C1.I. The molecule has 10 heteroatoms. The fourth-order valence-corrected chi connectivity index (χ4v) is 3.09. The number of aromatic nitrogens is 2. The van der Waals surface area contributed by atoms with E-state index in [0.717, 1.165) is 31.8 Å². The Labute approximate surface area is 176 Å². The summed E-state index contributed by atoms with van der Waals surface area (Å²) in [6.07, 6.45) is 2.27. The van der Waals surface area contributed by atoms with E-state index < -0.39 is 12.7 Å². The van der Waals surface area contributed by atoms with Crippen molar-refractivity contribution in [3.63, 3.8) is 0 Å². The molecule has 2 N–H and O–H groups in total. The zero-order chi connectivity index (χ0) is 19.0. The number of nitrogens with zero attached hydrogens (tertiary/aromatic N) is 4. The standard InChI is InChI=1S/C17H29F3N6.HI/c1-3-21-16(23-7-4-5-9-26-11-8-22-14(26)2)24-15-6-10-25(12-15)13-17(18,19)20;/h8,11,15H,3-7,9-10,12-13H2,1-2H3,(H2,21,23,24);1H. The van der Waals surface area contributed by atoms with E-state index in [-0.39, 0.29) is 30.0 Å². The summed E-state index contributed by atoms with van der Waals surface area (Å²) in [5.74, 6) is 1.69. The normalized spacial score (nSPS) is 18.4. The molecule has 1 saturated heterocycles. The van der Waals surface area contributed by atoms with Crippen LogP contribution in [-0.4, -0.2) is 65.4 Å². The molecule has 2 rings (SSSR count). The van der Waals surface area contributed by atoms with Gasteiger partial charge in [0.2, 0.25) is 0 Å². The maximum atomic E-state index is 12.5. The number of likely N-dealkylation sites (tertiary alicyclic amines) is 1. The molecule has 0 aliphatic carbocycles. The zero-order valence-corrected chi connectivity index (χ0v) is 18.3. The summed E-state index contributed by atoms with van der Waals surface area (Å²) in [6, 6.07) is 0.00347. The molecule has 27 heavy (non-hydrogen) atoms. The highest BCUT2D eigenvalue weighted by Crippen LogP contribution is 2.19. The van der Waals surface area contributed by atoms with Crippen LogP contribution in [0.3, 0.4) is 0 Å². The Bertz CT molecular complexity index is 575. The van der Waals surface area contributed by atoms with E-state index in [2.05, 4.69) is 25.2 Å². The molecule has 0 bridgehead atoms. The Kier molecular flexibility index (Phi) is 10.4. The van der Waals surface area contributed by atoms with Crippen molar-refractivity contribution in [1.82, 2.24) is 25.1 Å². The number of unbranched alkanes of at least 4 members (excludes halogenated alkanes) is 1. The highest BCUT2D eigenvalue weighted by atomic mass is 127. The third-order valence-electron chi connectivity index (χ3n) is 4.36. The van der Waals surface area contributed by atoms with Crippen molar-refractivity contribution < 1.29 is 13.2 Å². The minimum Gasteiger partial charge on any atom is -0.357 e. The van der Waals surface area contributed by atoms with Crippen molar-refractivity contribution in [1.29, 1.82) is 0 Å². The van der Waals surface area contributed by atoms with Gasteiger partial charge in [-0.2, -0.15) is 13.2 Å². The third-order valence-corrected chi connectivity index (χ3v) is 4.36. The van der Waals surface area contributed by atoms with Crippen molar-refractivity contribution in [2.45, 2.75) is 51.9 Å². The van der Waals surface area contributed by atoms with Gasteiger partial charge in [-0.05, 0) is 33.1 Å². The first kappa shape index (κ1) is 24.0. The molecule has 0 spiro atoms. The predicted molar refractivity (Wildman–Crippen MR) is 112 cm³/mol. The molecular weight excluding hydrogens is 472 g/mol. The van der Waals surface area contributed by atoms with E-state index in [1.807, 2.05) is 20.0 Å². The van der Waals surface area contributed by atoms with E-state index in [1.54, 1.807) is 6.20 Å². The fraction of sp³-hybridized carbons (Fsp3) is 0.765. The molecule has 0 saturated carbocycles. The van der Waals surface area contributed by atoms with Crippen molar-refractivity contribution in [2.75, 3.05) is 32.7 Å². The van der Waals surface area contributed by atoms with Crippen LogP contribution in [0.5, 0.6) is 0 Å². The summed E-state index contributed by atoms with van der Waals surface area (Å²) in [6.45, 7) is 6.29. The smallest absolute Gasteiger partial charge is 0.357 e. The minimum absolute atomic E-state index is 0. The number of rotatable bonds is 8. The number of aliphatic imine (C=N–C) groups is 1. The molecular formula is C17H30F3IN6. The Balaban J connectivity index is 0.00000364. The van der Waals surface area contributed by atoms with Gasteiger partial charge in [0.15, 0.2) is 5.96 Å². The van der Waals surface area contributed by atoms with Crippen molar-refractivity contribution in [3.05, 3.63) is 18.2 Å². The maximum Gasteiger partial charge on any atom is 0.401 e. The fourth-order valence-electron chi connectivity index (χ4n) is 3.09. The number of alkyl halides is 3. The van der Waals surface area contributed by atoms with E-state index in [0.29, 0.717) is 32.0 Å². The minimum atomic E-state index is -4.14. The average Bonchev–Trinajstić information content (AvgIpc) is 3.15. The maximum absolute atomic E-state index is 12.5. The highest BCUT2D eigenvalue weighted by molar-refractivity contribution is 14.0. The van der Waals surface area contributed by atoms with Gasteiger partial charge in [-0.15, -0.1) is 24.0 Å². The summed E-state index contributed by atoms with van der Waals surface area (Å²) in [5, 5.41) is 6.43. The molecule has 1 aliphatic heterocycles. The van der Waals surface area contributed by atoms with Crippen molar-refractivity contribution in [3.8, 4) is 0 Å². The molecule has 2 heterocycles. The quantitative estimate of drug-likeness (QED) is 0.249. The summed E-state index contributed by atoms with van der Waals surface area (Å²) in [4.78, 5) is 10.2. The number of guanidine groups is 1. The lowest BCUT2D eigenvalue weighted by molar-refractivity contribution is -0.143. The Hall–Kier alpha value is -1.04. The number of halogens is 4. The largest absolute Gasteiger partial charge is 0.401 e. The second-order valence-electron chi connectivity index (χ2n) is 6.62. The van der Waals surface area contributed by atoms with Crippen LogP contribution in [-0.2, 0) is 6.54 Å². The number of imidazole rings is 1. The lowest BCUT2D eigenvalue weighted by Gasteiger charge is -2.19. The molecule has 1 aromatic heterocycles. The number of hydrogen-bond donors (Lipinski definition) is 2. The van der Waals surface area contributed by atoms with Gasteiger partial charge in [0.05, 0.1) is 6.54 Å². The topological polar surface area (TPSA) is 57.5 Å². The lowest BCUT2D eigenvalue weighted by atomic mass is 10.3. The van der Waals surface area contributed by atoms with Crippen LogP contribution < -0.4 is 10.6 Å². The third kappa shape index (κ3) is 9.13. The Morgan fingerprint density at radius 1 is 1.37 bits per heavy atom. The van der Waals surface area contributed by atoms with Gasteiger partial charge in [-0.3, -0.25) is 9.89 Å². The van der Waals surface area contributed by atoms with Gasteiger partial charge >= 0.3 is 6.18 Å². The van der Waals surface area contributed by atoms with Crippen LogP contribution in [0.25, 0.3) is 0 Å². The lowest BCUT2D eigenvalue weighted by Crippen LogP contribution is -2.45.